The van der Waals surface area contributed by atoms with E-state index in [1.807, 2.05) is 24.4 Å². The van der Waals surface area contributed by atoms with Crippen molar-refractivity contribution in [3.05, 3.63) is 54.5 Å². The minimum Gasteiger partial charge on any atom is -0.497 e. The second-order valence-electron chi connectivity index (χ2n) is 9.23. The first-order valence-corrected chi connectivity index (χ1v) is 13.4. The molecule has 0 aliphatic carbocycles. The second-order valence-corrected chi connectivity index (χ2v) is 10.4. The van der Waals surface area contributed by atoms with Crippen molar-refractivity contribution in [3.63, 3.8) is 0 Å². The number of hydrogen-bond acceptors (Lipinski definition) is 7. The van der Waals surface area contributed by atoms with E-state index in [-0.39, 0.29) is 12.3 Å². The van der Waals surface area contributed by atoms with Crippen molar-refractivity contribution in [2.75, 3.05) is 32.5 Å². The van der Waals surface area contributed by atoms with Crippen LogP contribution in [0.1, 0.15) is 37.7 Å². The summed E-state index contributed by atoms with van der Waals surface area (Å²) in [5.41, 5.74) is 2.27. The monoisotopic (exact) mass is 494 g/mol. The van der Waals surface area contributed by atoms with Crippen LogP contribution >= 0.6 is 11.8 Å². The Labute approximate surface area is 211 Å². The molecule has 0 unspecified atom stereocenters. The number of rotatable bonds is 12. The van der Waals surface area contributed by atoms with Crippen LogP contribution in [0.15, 0.2) is 53.8 Å². The molecule has 3 aromatic rings. The number of aryl methyl sites for hydroxylation is 1. The first kappa shape index (κ1) is 25.4. The van der Waals surface area contributed by atoms with Gasteiger partial charge in [-0.05, 0) is 98.7 Å². The van der Waals surface area contributed by atoms with E-state index in [1.54, 1.807) is 31.3 Å². The molecule has 1 saturated heterocycles. The molecule has 4 rings (SSSR count). The second kappa shape index (κ2) is 12.8. The zero-order chi connectivity index (χ0) is 24.5. The fraction of sp³-hybridized carbons (Fsp3) is 0.481. The number of likely N-dealkylation sites (tertiary alicyclic amines) is 1. The van der Waals surface area contributed by atoms with Gasteiger partial charge in [0.2, 0.25) is 0 Å². The van der Waals surface area contributed by atoms with Gasteiger partial charge in [0.25, 0.3) is 0 Å². The van der Waals surface area contributed by atoms with Crippen molar-refractivity contribution in [1.82, 2.24) is 20.1 Å². The van der Waals surface area contributed by atoms with Gasteiger partial charge in [-0.3, -0.25) is 9.78 Å². The predicted molar refractivity (Wildman–Crippen MR) is 139 cm³/mol. The maximum atomic E-state index is 11.6. The average molecular weight is 495 g/mol. The van der Waals surface area contributed by atoms with Crippen molar-refractivity contribution < 1.29 is 14.6 Å². The summed E-state index contributed by atoms with van der Waals surface area (Å²) in [6, 6.07) is 10.1. The molecule has 8 heteroatoms. The molecule has 0 radical (unpaired) electrons. The number of carboxylic acids is 1. The van der Waals surface area contributed by atoms with E-state index >= 15 is 0 Å². The number of ether oxygens (including phenoxy) is 1. The number of benzene rings is 1. The van der Waals surface area contributed by atoms with Gasteiger partial charge in [-0.15, -0.1) is 11.8 Å². The van der Waals surface area contributed by atoms with Crippen LogP contribution in [0.25, 0.3) is 10.9 Å². The molecule has 1 aliphatic rings. The molecule has 0 bridgehead atoms. The number of piperidine rings is 1. The van der Waals surface area contributed by atoms with E-state index in [4.69, 9.17) is 4.74 Å². The lowest BCUT2D eigenvalue weighted by Gasteiger charge is -2.38. The third-order valence-corrected chi connectivity index (χ3v) is 7.98. The molecule has 1 N–H and O–H groups in total. The lowest BCUT2D eigenvalue weighted by molar-refractivity contribution is -0.139. The zero-order valence-corrected chi connectivity index (χ0v) is 21.1. The van der Waals surface area contributed by atoms with Gasteiger partial charge in [-0.25, -0.2) is 0 Å². The Morgan fingerprint density at radius 3 is 2.89 bits per heavy atom. The highest BCUT2D eigenvalue weighted by atomic mass is 32.2. The normalized spacial score (nSPS) is 18.5. The summed E-state index contributed by atoms with van der Waals surface area (Å²) in [4.78, 5) is 19.7. The molecule has 7 nitrogen and oxygen atoms in total. The Bertz CT molecular complexity index is 1100. The lowest BCUT2D eigenvalue weighted by Crippen LogP contribution is -2.41. The molecule has 1 aliphatic heterocycles. The maximum Gasteiger partial charge on any atom is 0.303 e. The number of methoxy groups -OCH3 is 1. The van der Waals surface area contributed by atoms with Crippen LogP contribution in [-0.4, -0.2) is 63.7 Å². The van der Waals surface area contributed by atoms with Crippen LogP contribution in [0, 0.1) is 11.8 Å². The predicted octanol–water partition coefficient (Wildman–Crippen LogP) is 4.95. The minimum absolute atomic E-state index is 0.215. The van der Waals surface area contributed by atoms with Crippen LogP contribution < -0.4 is 4.74 Å². The van der Waals surface area contributed by atoms with Crippen molar-refractivity contribution in [1.29, 1.82) is 0 Å². The van der Waals surface area contributed by atoms with Gasteiger partial charge < -0.3 is 14.7 Å². The van der Waals surface area contributed by atoms with Crippen LogP contribution in [0.3, 0.4) is 0 Å². The minimum atomic E-state index is -0.685. The summed E-state index contributed by atoms with van der Waals surface area (Å²) >= 11 is 1.80. The number of aromatic nitrogens is 3. The van der Waals surface area contributed by atoms with E-state index < -0.39 is 5.97 Å². The summed E-state index contributed by atoms with van der Waals surface area (Å²) < 4.78 is 5.40. The first-order chi connectivity index (χ1) is 17.1. The lowest BCUT2D eigenvalue weighted by atomic mass is 9.80. The molecule has 35 heavy (non-hydrogen) atoms. The van der Waals surface area contributed by atoms with Crippen LogP contribution in [0.2, 0.25) is 0 Å². The van der Waals surface area contributed by atoms with Gasteiger partial charge in [-0.2, -0.15) is 10.2 Å². The molecule has 3 heterocycles. The molecular formula is C27H34N4O3S. The fourth-order valence-electron chi connectivity index (χ4n) is 5.12. The topological polar surface area (TPSA) is 88.4 Å². The van der Waals surface area contributed by atoms with Crippen molar-refractivity contribution >= 4 is 28.6 Å². The third kappa shape index (κ3) is 7.39. The van der Waals surface area contributed by atoms with Crippen molar-refractivity contribution in [3.8, 4) is 5.75 Å². The Balaban J connectivity index is 1.27. The van der Waals surface area contributed by atoms with Gasteiger partial charge >= 0.3 is 5.97 Å². The fourth-order valence-corrected chi connectivity index (χ4v) is 5.91. The number of thioether (sulfide) groups is 1. The standard InChI is InChI=1S/C27H34N4O3S/c1-34-23-6-7-26-25(17-23)21(8-11-28-26)5-2-4-20-10-14-31(19-22(20)16-27(32)33)13-3-15-35-24-9-12-29-30-18-24/h6-9,11-12,17-18,20,22H,2-5,10,13-16,19H2,1H3,(H,32,33)/t20-,22+/m1/s1. The molecule has 0 saturated carbocycles. The van der Waals surface area contributed by atoms with Gasteiger partial charge in [0.15, 0.2) is 0 Å². The van der Waals surface area contributed by atoms with E-state index in [2.05, 4.69) is 32.2 Å². The number of carbonyl (C=O) groups is 1. The van der Waals surface area contributed by atoms with Crippen molar-refractivity contribution in [2.45, 2.75) is 43.4 Å². The van der Waals surface area contributed by atoms with Gasteiger partial charge in [-0.1, -0.05) is 0 Å². The average Bonchev–Trinajstić information content (AvgIpc) is 2.88. The van der Waals surface area contributed by atoms with Crippen molar-refractivity contribution in [2.24, 2.45) is 11.8 Å². The number of pyridine rings is 1. The summed E-state index contributed by atoms with van der Waals surface area (Å²) in [6.45, 7) is 2.95. The molecule has 1 fully saturated rings. The zero-order valence-electron chi connectivity index (χ0n) is 20.3. The maximum absolute atomic E-state index is 11.6. The highest BCUT2D eigenvalue weighted by Crippen LogP contribution is 2.32. The third-order valence-electron chi connectivity index (χ3n) is 6.92. The number of fused-ring (bicyclic) bond motifs is 1. The van der Waals surface area contributed by atoms with Crippen LogP contribution in [0.5, 0.6) is 5.75 Å². The number of carboxylic acid groups (broad SMARTS) is 1. The highest BCUT2D eigenvalue weighted by molar-refractivity contribution is 7.99. The number of hydrogen-bond donors (Lipinski definition) is 1. The summed E-state index contributed by atoms with van der Waals surface area (Å²) in [6.07, 6.45) is 10.9. The number of aliphatic carboxylic acids is 1. The molecule has 2 atom stereocenters. The Kier molecular flexibility index (Phi) is 9.31. The largest absolute Gasteiger partial charge is 0.497 e. The van der Waals surface area contributed by atoms with Gasteiger partial charge in [0, 0.05) is 29.4 Å². The molecule has 2 aromatic heterocycles. The van der Waals surface area contributed by atoms with Crippen LogP contribution in [-0.2, 0) is 11.2 Å². The Morgan fingerprint density at radius 1 is 1.17 bits per heavy atom. The molecule has 0 amide bonds. The molecule has 186 valence electrons. The van der Waals surface area contributed by atoms with Gasteiger partial charge in [0.05, 0.1) is 25.0 Å². The summed E-state index contributed by atoms with van der Waals surface area (Å²) in [7, 11) is 1.68. The first-order valence-electron chi connectivity index (χ1n) is 12.4. The molecule has 0 spiro atoms. The van der Waals surface area contributed by atoms with E-state index in [0.29, 0.717) is 5.92 Å². The van der Waals surface area contributed by atoms with E-state index in [9.17, 15) is 9.90 Å². The summed E-state index contributed by atoms with van der Waals surface area (Å²) in [5.74, 6) is 1.86. The highest BCUT2D eigenvalue weighted by Gasteiger charge is 2.30. The summed E-state index contributed by atoms with van der Waals surface area (Å²) in [5, 5.41) is 18.4. The van der Waals surface area contributed by atoms with Gasteiger partial charge in [0.1, 0.15) is 5.75 Å². The molecule has 1 aromatic carbocycles. The molecular weight excluding hydrogens is 460 g/mol. The SMILES string of the molecule is COc1ccc2nccc(CCC[C@@H]3CCN(CCCSc4ccnnc4)C[C@@H]3CC(=O)O)c2c1. The Morgan fingerprint density at radius 2 is 2.09 bits per heavy atom. The smallest absolute Gasteiger partial charge is 0.303 e. The van der Waals surface area contributed by atoms with Crippen LogP contribution in [0.4, 0.5) is 0 Å². The quantitative estimate of drug-likeness (QED) is 0.279. The van der Waals surface area contributed by atoms with E-state index in [0.717, 1.165) is 79.0 Å². The van der Waals surface area contributed by atoms with E-state index in [1.165, 1.54) is 5.56 Å². The Hall–Kier alpha value is -2.71. The number of nitrogens with zero attached hydrogens (tertiary/aromatic N) is 4.